The summed E-state index contributed by atoms with van der Waals surface area (Å²) in [5.74, 6) is 1.68. The zero-order chi connectivity index (χ0) is 18.9. The van der Waals surface area contributed by atoms with Crippen molar-refractivity contribution in [3.8, 4) is 11.5 Å². The van der Waals surface area contributed by atoms with E-state index >= 15 is 0 Å². The Bertz CT molecular complexity index is 758. The summed E-state index contributed by atoms with van der Waals surface area (Å²) in [6, 6.07) is 16.1. The Morgan fingerprint density at radius 2 is 1.74 bits per heavy atom. The van der Waals surface area contributed by atoms with Crippen LogP contribution in [0.25, 0.3) is 0 Å². The van der Waals surface area contributed by atoms with Gasteiger partial charge < -0.3 is 24.2 Å². The zero-order valence-electron chi connectivity index (χ0n) is 15.5. The van der Waals surface area contributed by atoms with Gasteiger partial charge in [-0.25, -0.2) is 0 Å². The van der Waals surface area contributed by atoms with Crippen LogP contribution < -0.4 is 9.47 Å². The average Bonchev–Trinajstić information content (AvgIpc) is 2.72. The smallest absolute Gasteiger partial charge is 0.122 e. The summed E-state index contributed by atoms with van der Waals surface area (Å²) in [5.41, 5.74) is 2.38. The minimum Gasteiger partial charge on any atom is -0.497 e. The molecule has 2 aromatic carbocycles. The van der Waals surface area contributed by atoms with Crippen LogP contribution in [-0.4, -0.2) is 36.4 Å². The normalized spacial score (nSPS) is 13.9. The molecule has 5 heteroatoms. The molecule has 0 aromatic heterocycles. The van der Waals surface area contributed by atoms with E-state index < -0.39 is 6.10 Å². The number of aliphatic hydroxyl groups is 1. The molecule has 1 unspecified atom stereocenters. The van der Waals surface area contributed by atoms with Crippen LogP contribution >= 0.6 is 0 Å². The van der Waals surface area contributed by atoms with Crippen molar-refractivity contribution >= 4 is 0 Å². The number of ether oxygens (including phenoxy) is 3. The predicted molar refractivity (Wildman–Crippen MR) is 104 cm³/mol. The van der Waals surface area contributed by atoms with Gasteiger partial charge in [-0.05, 0) is 42.2 Å². The Morgan fingerprint density at radius 1 is 1.00 bits per heavy atom. The fraction of sp³-hybridized carbons (Fsp3) is 0.273. The van der Waals surface area contributed by atoms with E-state index in [9.17, 15) is 5.11 Å². The summed E-state index contributed by atoms with van der Waals surface area (Å²) < 4.78 is 16.1. The van der Waals surface area contributed by atoms with Crippen LogP contribution in [0.3, 0.4) is 0 Å². The molecule has 1 atom stereocenters. The van der Waals surface area contributed by atoms with E-state index in [4.69, 9.17) is 14.2 Å². The second-order valence-corrected chi connectivity index (χ2v) is 6.32. The van der Waals surface area contributed by atoms with Crippen molar-refractivity contribution in [2.24, 2.45) is 0 Å². The Balaban J connectivity index is 1.52. The number of hydrogen-bond acceptors (Lipinski definition) is 5. The summed E-state index contributed by atoms with van der Waals surface area (Å²) in [5, 5.41) is 10.2. The first-order chi connectivity index (χ1) is 13.2. The molecule has 0 amide bonds. The van der Waals surface area contributed by atoms with Crippen molar-refractivity contribution in [2.75, 3.05) is 20.3 Å². The second kappa shape index (κ2) is 9.69. The van der Waals surface area contributed by atoms with Crippen molar-refractivity contribution in [3.63, 3.8) is 0 Å². The van der Waals surface area contributed by atoms with Gasteiger partial charge >= 0.3 is 0 Å². The Hall–Kier alpha value is -2.92. The fourth-order valence-corrected chi connectivity index (χ4v) is 2.85. The highest BCUT2D eigenvalue weighted by molar-refractivity contribution is 5.35. The van der Waals surface area contributed by atoms with Crippen LogP contribution in [0.4, 0.5) is 0 Å². The van der Waals surface area contributed by atoms with Gasteiger partial charge in [-0.1, -0.05) is 30.3 Å². The van der Waals surface area contributed by atoms with Gasteiger partial charge in [0.2, 0.25) is 0 Å². The molecule has 1 N–H and O–H groups in total. The molecule has 0 saturated carbocycles. The minimum atomic E-state index is -0.605. The molecule has 27 heavy (non-hydrogen) atoms. The maximum absolute atomic E-state index is 10.2. The lowest BCUT2D eigenvalue weighted by atomic mass is 10.0. The molecule has 1 heterocycles. The molecule has 3 rings (SSSR count). The molecular formula is C22H25NO4. The molecule has 0 radical (unpaired) electrons. The lowest BCUT2D eigenvalue weighted by molar-refractivity contribution is 0.0888. The van der Waals surface area contributed by atoms with Gasteiger partial charge in [0.15, 0.2) is 0 Å². The highest BCUT2D eigenvalue weighted by atomic mass is 16.5. The van der Waals surface area contributed by atoms with E-state index in [2.05, 4.69) is 18.2 Å². The topological polar surface area (TPSA) is 51.2 Å². The van der Waals surface area contributed by atoms with Gasteiger partial charge in [-0.3, -0.25) is 0 Å². The first-order valence-corrected chi connectivity index (χ1v) is 9.01. The number of rotatable bonds is 9. The number of β-amino-alcohol motifs (C(OH)–C–C–N with tert-alkyl or cyclic N) is 1. The predicted octanol–water partition coefficient (Wildman–Crippen LogP) is 3.49. The molecule has 0 spiro atoms. The van der Waals surface area contributed by atoms with Crippen LogP contribution in [0.15, 0.2) is 73.5 Å². The van der Waals surface area contributed by atoms with E-state index in [1.54, 1.807) is 32.0 Å². The second-order valence-electron chi connectivity index (χ2n) is 6.32. The highest BCUT2D eigenvalue weighted by Crippen LogP contribution is 2.21. The maximum atomic E-state index is 10.2. The molecule has 0 fully saturated rings. The summed E-state index contributed by atoms with van der Waals surface area (Å²) in [7, 11) is 1.67. The molecule has 2 aromatic rings. The van der Waals surface area contributed by atoms with Gasteiger partial charge in [0, 0.05) is 12.4 Å². The van der Waals surface area contributed by atoms with Crippen molar-refractivity contribution in [2.45, 2.75) is 18.9 Å². The third-order valence-corrected chi connectivity index (χ3v) is 4.33. The number of methoxy groups -OCH3 is 1. The molecule has 0 bridgehead atoms. The Labute approximate surface area is 160 Å². The molecule has 5 nitrogen and oxygen atoms in total. The van der Waals surface area contributed by atoms with E-state index in [0.29, 0.717) is 6.54 Å². The fourth-order valence-electron chi connectivity index (χ4n) is 2.85. The van der Waals surface area contributed by atoms with E-state index in [1.807, 2.05) is 35.2 Å². The Kier molecular flexibility index (Phi) is 6.77. The number of benzene rings is 2. The van der Waals surface area contributed by atoms with E-state index in [-0.39, 0.29) is 6.61 Å². The summed E-state index contributed by atoms with van der Waals surface area (Å²) >= 11 is 0. The number of aliphatic hydroxyl groups excluding tert-OH is 1. The molecule has 0 saturated heterocycles. The number of aryl methyl sites for hydroxylation is 2. The number of nitrogens with zero attached hydrogens (tertiary/aromatic N) is 1. The van der Waals surface area contributed by atoms with Crippen LogP contribution in [0.1, 0.15) is 11.1 Å². The molecule has 1 aliphatic heterocycles. The standard InChI is InChI=1S/C22H25NO4/c1-25-21-10-7-18(8-11-21)6-9-19-4-2-3-5-22(19)27-17-20(24)16-23-12-14-26-15-13-23/h2-5,7-8,10-15,20,24H,6,9,16-17H2,1H3. The van der Waals surface area contributed by atoms with Gasteiger partial charge in [-0.15, -0.1) is 0 Å². The maximum Gasteiger partial charge on any atom is 0.122 e. The minimum absolute atomic E-state index is 0.235. The number of hydrogen-bond donors (Lipinski definition) is 1. The first kappa shape index (κ1) is 18.9. The van der Waals surface area contributed by atoms with Crippen molar-refractivity contribution in [1.29, 1.82) is 0 Å². The largest absolute Gasteiger partial charge is 0.497 e. The SMILES string of the molecule is COc1ccc(CCc2ccccc2OCC(O)CN2C=COC=C2)cc1. The van der Waals surface area contributed by atoms with Crippen LogP contribution in [-0.2, 0) is 17.6 Å². The quantitative estimate of drug-likeness (QED) is 0.735. The Morgan fingerprint density at radius 3 is 2.48 bits per heavy atom. The molecule has 1 aliphatic rings. The summed E-state index contributed by atoms with van der Waals surface area (Å²) in [6.45, 7) is 0.683. The monoisotopic (exact) mass is 367 g/mol. The zero-order valence-corrected chi connectivity index (χ0v) is 15.5. The van der Waals surface area contributed by atoms with Crippen LogP contribution in [0.2, 0.25) is 0 Å². The number of para-hydroxylation sites is 1. The van der Waals surface area contributed by atoms with Crippen molar-refractivity contribution in [3.05, 3.63) is 84.6 Å². The third kappa shape index (κ3) is 5.79. The van der Waals surface area contributed by atoms with Gasteiger partial charge in [0.25, 0.3) is 0 Å². The van der Waals surface area contributed by atoms with Gasteiger partial charge in [0.05, 0.1) is 13.7 Å². The molecule has 142 valence electrons. The van der Waals surface area contributed by atoms with E-state index in [0.717, 1.165) is 29.9 Å². The van der Waals surface area contributed by atoms with Gasteiger partial charge in [-0.2, -0.15) is 0 Å². The summed E-state index contributed by atoms with van der Waals surface area (Å²) in [6.07, 6.45) is 7.86. The highest BCUT2D eigenvalue weighted by Gasteiger charge is 2.11. The van der Waals surface area contributed by atoms with Crippen LogP contribution in [0.5, 0.6) is 11.5 Å². The lowest BCUT2D eigenvalue weighted by Crippen LogP contribution is -2.30. The average molecular weight is 367 g/mol. The van der Waals surface area contributed by atoms with Crippen LogP contribution in [0, 0.1) is 0 Å². The molecular weight excluding hydrogens is 342 g/mol. The summed E-state index contributed by atoms with van der Waals surface area (Å²) in [4.78, 5) is 1.85. The molecule has 0 aliphatic carbocycles. The first-order valence-electron chi connectivity index (χ1n) is 9.01. The van der Waals surface area contributed by atoms with Gasteiger partial charge in [0.1, 0.15) is 36.7 Å². The lowest BCUT2D eigenvalue weighted by Gasteiger charge is -2.21. The third-order valence-electron chi connectivity index (χ3n) is 4.33. The van der Waals surface area contributed by atoms with E-state index in [1.165, 1.54) is 5.56 Å². The van der Waals surface area contributed by atoms with Crippen molar-refractivity contribution in [1.82, 2.24) is 4.90 Å². The van der Waals surface area contributed by atoms with Crippen molar-refractivity contribution < 1.29 is 19.3 Å².